The van der Waals surface area contributed by atoms with Gasteiger partial charge in [-0.1, -0.05) is 6.92 Å². The number of nitrogens with zero attached hydrogens (tertiary/aromatic N) is 3. The van der Waals surface area contributed by atoms with Crippen molar-refractivity contribution in [2.75, 3.05) is 12.4 Å². The van der Waals surface area contributed by atoms with E-state index in [1.165, 1.54) is 0 Å². The molecule has 0 spiro atoms. The van der Waals surface area contributed by atoms with Gasteiger partial charge in [0.05, 0.1) is 13.4 Å². The number of benzene rings is 1. The quantitative estimate of drug-likeness (QED) is 0.796. The Hall–Kier alpha value is -3.02. The molecule has 1 unspecified atom stereocenters. The third-order valence-corrected chi connectivity index (χ3v) is 4.06. The van der Waals surface area contributed by atoms with Crippen LogP contribution in [0.5, 0.6) is 5.75 Å². The van der Waals surface area contributed by atoms with E-state index in [1.54, 1.807) is 13.4 Å². The minimum atomic E-state index is -0.124. The number of allylic oxidation sites excluding steroid dienone is 1. The van der Waals surface area contributed by atoms with Gasteiger partial charge in [0.2, 0.25) is 5.95 Å². The molecule has 2 aromatic heterocycles. The summed E-state index contributed by atoms with van der Waals surface area (Å²) in [5.41, 5.74) is 2.03. The van der Waals surface area contributed by atoms with E-state index in [9.17, 15) is 0 Å². The van der Waals surface area contributed by atoms with E-state index < -0.39 is 0 Å². The van der Waals surface area contributed by atoms with Gasteiger partial charge in [0.1, 0.15) is 17.6 Å². The summed E-state index contributed by atoms with van der Waals surface area (Å²) in [6.07, 6.45) is 4.56. The number of aromatic nitrogens is 3. The summed E-state index contributed by atoms with van der Waals surface area (Å²) < 4.78 is 12.7. The Bertz CT molecular complexity index is 863. The maximum atomic E-state index is 5.61. The zero-order valence-corrected chi connectivity index (χ0v) is 13.6. The van der Waals surface area contributed by atoms with E-state index in [4.69, 9.17) is 9.15 Å². The van der Waals surface area contributed by atoms with E-state index in [-0.39, 0.29) is 6.04 Å². The van der Waals surface area contributed by atoms with Crippen LogP contribution in [0, 0.1) is 0 Å². The van der Waals surface area contributed by atoms with Crippen LogP contribution in [-0.2, 0) is 6.42 Å². The number of anilines is 1. The first-order valence-electron chi connectivity index (χ1n) is 7.90. The molecular weight excluding hydrogens is 304 g/mol. The molecule has 6 heteroatoms. The predicted octanol–water partition coefficient (Wildman–Crippen LogP) is 3.50. The molecule has 1 N–H and O–H groups in total. The first kappa shape index (κ1) is 14.6. The summed E-state index contributed by atoms with van der Waals surface area (Å²) in [6, 6.07) is 11.6. The van der Waals surface area contributed by atoms with Crippen LogP contribution in [0.1, 0.15) is 30.1 Å². The first-order chi connectivity index (χ1) is 11.8. The molecule has 0 saturated heterocycles. The van der Waals surface area contributed by atoms with Gasteiger partial charge in [0.25, 0.3) is 0 Å². The van der Waals surface area contributed by atoms with Gasteiger partial charge >= 0.3 is 0 Å². The molecule has 6 nitrogen and oxygen atoms in total. The van der Waals surface area contributed by atoms with Gasteiger partial charge < -0.3 is 14.5 Å². The molecule has 4 rings (SSSR count). The molecule has 3 aromatic rings. The minimum Gasteiger partial charge on any atom is -0.497 e. The summed E-state index contributed by atoms with van der Waals surface area (Å²) in [5.74, 6) is 3.19. The summed E-state index contributed by atoms with van der Waals surface area (Å²) >= 11 is 0. The highest BCUT2D eigenvalue weighted by atomic mass is 16.5. The largest absolute Gasteiger partial charge is 0.497 e. The fourth-order valence-electron chi connectivity index (χ4n) is 2.79. The average Bonchev–Trinajstić information content (AvgIpc) is 3.30. The van der Waals surface area contributed by atoms with Crippen LogP contribution < -0.4 is 10.1 Å². The lowest BCUT2D eigenvalue weighted by Crippen LogP contribution is -2.19. The number of nitrogens with one attached hydrogen (secondary N) is 1. The monoisotopic (exact) mass is 322 g/mol. The van der Waals surface area contributed by atoms with Crippen LogP contribution in [0.2, 0.25) is 0 Å². The number of rotatable bonds is 4. The van der Waals surface area contributed by atoms with Crippen LogP contribution in [0.4, 0.5) is 5.95 Å². The fourth-order valence-corrected chi connectivity index (χ4v) is 2.79. The zero-order valence-electron chi connectivity index (χ0n) is 13.6. The molecule has 0 radical (unpaired) electrons. The molecule has 122 valence electrons. The summed E-state index contributed by atoms with van der Waals surface area (Å²) in [5, 5.41) is 7.95. The van der Waals surface area contributed by atoms with Crippen LogP contribution in [0.25, 0.3) is 5.70 Å². The zero-order chi connectivity index (χ0) is 16.5. The number of hydrogen-bond donors (Lipinski definition) is 1. The number of furan rings is 1. The van der Waals surface area contributed by atoms with Crippen molar-refractivity contribution in [1.29, 1.82) is 0 Å². The maximum Gasteiger partial charge on any atom is 0.226 e. The highest BCUT2D eigenvalue weighted by Gasteiger charge is 2.26. The molecule has 0 fully saturated rings. The van der Waals surface area contributed by atoms with E-state index in [1.807, 2.05) is 48.0 Å². The minimum absolute atomic E-state index is 0.124. The van der Waals surface area contributed by atoms with Crippen molar-refractivity contribution >= 4 is 11.6 Å². The lowest BCUT2D eigenvalue weighted by atomic mass is 10.1. The Morgan fingerprint density at radius 3 is 2.75 bits per heavy atom. The van der Waals surface area contributed by atoms with Crippen molar-refractivity contribution in [2.24, 2.45) is 0 Å². The second kappa shape index (κ2) is 5.88. The molecular formula is C18H18N4O2. The van der Waals surface area contributed by atoms with Gasteiger partial charge in [-0.15, -0.1) is 0 Å². The van der Waals surface area contributed by atoms with E-state index in [0.717, 1.165) is 41.0 Å². The fraction of sp³-hybridized carbons (Fsp3) is 0.222. The Labute approximate surface area is 139 Å². The molecule has 1 atom stereocenters. The van der Waals surface area contributed by atoms with Crippen LogP contribution in [-0.4, -0.2) is 21.9 Å². The molecule has 24 heavy (non-hydrogen) atoms. The van der Waals surface area contributed by atoms with Crippen molar-refractivity contribution in [3.05, 3.63) is 65.9 Å². The van der Waals surface area contributed by atoms with Gasteiger partial charge in [-0.3, -0.25) is 0 Å². The van der Waals surface area contributed by atoms with Crippen molar-refractivity contribution in [1.82, 2.24) is 14.8 Å². The first-order valence-corrected chi connectivity index (χ1v) is 7.90. The summed E-state index contributed by atoms with van der Waals surface area (Å²) in [6.45, 7) is 2.04. The molecule has 0 saturated carbocycles. The SMILES string of the molecule is CCc1nc2n(n1)C(c1ccco1)C=C(c1ccc(OC)cc1)N2. The Kier molecular flexibility index (Phi) is 3.57. The van der Waals surface area contributed by atoms with E-state index in [2.05, 4.69) is 21.5 Å². The van der Waals surface area contributed by atoms with Crippen molar-refractivity contribution in [3.63, 3.8) is 0 Å². The highest BCUT2D eigenvalue weighted by Crippen LogP contribution is 2.33. The predicted molar refractivity (Wildman–Crippen MR) is 90.8 cm³/mol. The lowest BCUT2D eigenvalue weighted by molar-refractivity contribution is 0.415. The molecule has 1 aliphatic heterocycles. The molecule has 0 aliphatic carbocycles. The highest BCUT2D eigenvalue weighted by molar-refractivity contribution is 5.77. The molecule has 0 amide bonds. The van der Waals surface area contributed by atoms with Crippen LogP contribution >= 0.6 is 0 Å². The van der Waals surface area contributed by atoms with Crippen LogP contribution in [0.15, 0.2) is 53.2 Å². The molecule has 1 aliphatic rings. The number of aryl methyl sites for hydroxylation is 1. The van der Waals surface area contributed by atoms with Gasteiger partial charge in [0.15, 0.2) is 5.82 Å². The lowest BCUT2D eigenvalue weighted by Gasteiger charge is -2.22. The maximum absolute atomic E-state index is 5.61. The second-order valence-corrected chi connectivity index (χ2v) is 5.54. The molecule has 1 aromatic carbocycles. The molecule has 0 bridgehead atoms. The van der Waals surface area contributed by atoms with Crippen LogP contribution in [0.3, 0.4) is 0 Å². The second-order valence-electron chi connectivity index (χ2n) is 5.54. The Morgan fingerprint density at radius 1 is 1.25 bits per heavy atom. The third kappa shape index (κ3) is 2.46. The van der Waals surface area contributed by atoms with Crippen molar-refractivity contribution in [3.8, 4) is 5.75 Å². The molecule has 3 heterocycles. The van der Waals surface area contributed by atoms with Gasteiger partial charge in [-0.25, -0.2) is 4.68 Å². The number of ether oxygens (including phenoxy) is 1. The average molecular weight is 322 g/mol. The van der Waals surface area contributed by atoms with Gasteiger partial charge in [-0.2, -0.15) is 10.1 Å². The third-order valence-electron chi connectivity index (χ3n) is 4.06. The smallest absolute Gasteiger partial charge is 0.226 e. The Balaban J connectivity index is 1.77. The summed E-state index contributed by atoms with van der Waals surface area (Å²) in [4.78, 5) is 4.57. The van der Waals surface area contributed by atoms with Crippen molar-refractivity contribution in [2.45, 2.75) is 19.4 Å². The normalized spacial score (nSPS) is 16.2. The number of fused-ring (bicyclic) bond motifs is 1. The topological polar surface area (TPSA) is 65.1 Å². The van der Waals surface area contributed by atoms with E-state index >= 15 is 0 Å². The van der Waals surface area contributed by atoms with Gasteiger partial charge in [-0.05, 0) is 48.0 Å². The van der Waals surface area contributed by atoms with E-state index in [0.29, 0.717) is 0 Å². The Morgan fingerprint density at radius 2 is 2.08 bits per heavy atom. The summed E-state index contributed by atoms with van der Waals surface area (Å²) in [7, 11) is 1.66. The van der Waals surface area contributed by atoms with Gasteiger partial charge in [0, 0.05) is 12.1 Å². The standard InChI is InChI=1S/C18H18N4O2/c1-3-17-20-18-19-14(12-6-8-13(23-2)9-7-12)11-15(22(18)21-17)16-5-4-10-24-16/h4-11,15H,3H2,1-2H3,(H,19,20,21). The number of hydrogen-bond acceptors (Lipinski definition) is 5. The number of methoxy groups -OCH3 is 1. The van der Waals surface area contributed by atoms with Crippen molar-refractivity contribution < 1.29 is 9.15 Å².